The van der Waals surface area contributed by atoms with Gasteiger partial charge in [0.25, 0.3) is 0 Å². The van der Waals surface area contributed by atoms with Crippen molar-refractivity contribution in [3.8, 4) is 11.3 Å². The fourth-order valence-corrected chi connectivity index (χ4v) is 2.29. The van der Waals surface area contributed by atoms with Crippen LogP contribution in [0.25, 0.3) is 16.9 Å². The summed E-state index contributed by atoms with van der Waals surface area (Å²) in [6, 6.07) is 10.3. The molecule has 0 bridgehead atoms. The molecular formula is C15H9F3N2O2. The molecule has 0 atom stereocenters. The Morgan fingerprint density at radius 1 is 1.09 bits per heavy atom. The number of alkyl halides is 3. The Hall–Kier alpha value is -2.83. The van der Waals surface area contributed by atoms with Crippen LogP contribution in [-0.4, -0.2) is 20.5 Å². The second-order valence-corrected chi connectivity index (χ2v) is 4.59. The molecule has 0 spiro atoms. The van der Waals surface area contributed by atoms with Gasteiger partial charge in [-0.1, -0.05) is 30.3 Å². The number of halogens is 3. The summed E-state index contributed by atoms with van der Waals surface area (Å²) in [5, 5.41) is 9.37. The Balaban J connectivity index is 2.39. The summed E-state index contributed by atoms with van der Waals surface area (Å²) in [6.45, 7) is 0. The van der Waals surface area contributed by atoms with Crippen LogP contribution >= 0.6 is 0 Å². The van der Waals surface area contributed by atoms with Gasteiger partial charge in [-0.15, -0.1) is 0 Å². The number of aromatic carboxylic acids is 1. The van der Waals surface area contributed by atoms with Gasteiger partial charge in [0.2, 0.25) is 0 Å². The van der Waals surface area contributed by atoms with Gasteiger partial charge in [0.1, 0.15) is 11.3 Å². The van der Waals surface area contributed by atoms with E-state index < -0.39 is 23.4 Å². The maximum Gasteiger partial charge on any atom is 0.419 e. The molecule has 1 aromatic carbocycles. The molecule has 1 N–H and O–H groups in total. The lowest BCUT2D eigenvalue weighted by molar-refractivity contribution is -0.136. The van der Waals surface area contributed by atoms with Crippen molar-refractivity contribution in [1.82, 2.24) is 9.38 Å². The lowest BCUT2D eigenvalue weighted by Gasteiger charge is -2.07. The summed E-state index contributed by atoms with van der Waals surface area (Å²) in [7, 11) is 0. The molecule has 0 radical (unpaired) electrons. The molecular weight excluding hydrogens is 297 g/mol. The molecule has 2 aromatic heterocycles. The van der Waals surface area contributed by atoms with Gasteiger partial charge < -0.3 is 5.11 Å². The summed E-state index contributed by atoms with van der Waals surface area (Å²) in [5.74, 6) is -1.34. The summed E-state index contributed by atoms with van der Waals surface area (Å²) in [5.41, 5.74) is -1.25. The SMILES string of the molecule is O=C(O)c1c(-c2ccccc2)nc2c(C(F)(F)F)cccn12. The molecule has 0 saturated heterocycles. The lowest BCUT2D eigenvalue weighted by Crippen LogP contribution is -2.09. The van der Waals surface area contributed by atoms with Crippen LogP contribution in [0.1, 0.15) is 16.1 Å². The number of rotatable bonds is 2. The highest BCUT2D eigenvalue weighted by Gasteiger charge is 2.35. The molecule has 0 fully saturated rings. The first-order valence-electron chi connectivity index (χ1n) is 6.26. The van der Waals surface area contributed by atoms with E-state index in [1.165, 1.54) is 6.20 Å². The molecule has 22 heavy (non-hydrogen) atoms. The maximum absolute atomic E-state index is 13.1. The van der Waals surface area contributed by atoms with E-state index in [1.807, 2.05) is 0 Å². The highest BCUT2D eigenvalue weighted by atomic mass is 19.4. The van der Waals surface area contributed by atoms with Gasteiger partial charge in [-0.25, -0.2) is 9.78 Å². The van der Waals surface area contributed by atoms with Gasteiger partial charge in [0, 0.05) is 11.8 Å². The number of benzene rings is 1. The number of hydrogen-bond donors (Lipinski definition) is 1. The van der Waals surface area contributed by atoms with E-state index in [4.69, 9.17) is 0 Å². The van der Waals surface area contributed by atoms with Gasteiger partial charge in [0.05, 0.1) is 5.56 Å². The van der Waals surface area contributed by atoms with Crippen molar-refractivity contribution in [3.05, 3.63) is 59.9 Å². The van der Waals surface area contributed by atoms with E-state index in [-0.39, 0.29) is 11.4 Å². The van der Waals surface area contributed by atoms with Crippen molar-refractivity contribution in [1.29, 1.82) is 0 Å². The van der Waals surface area contributed by atoms with E-state index >= 15 is 0 Å². The van der Waals surface area contributed by atoms with Crippen molar-refractivity contribution < 1.29 is 23.1 Å². The minimum atomic E-state index is -4.61. The van der Waals surface area contributed by atoms with Crippen LogP contribution in [0.5, 0.6) is 0 Å². The van der Waals surface area contributed by atoms with Gasteiger partial charge in [0.15, 0.2) is 5.69 Å². The summed E-state index contributed by atoms with van der Waals surface area (Å²) in [6.07, 6.45) is -3.36. The van der Waals surface area contributed by atoms with E-state index in [1.54, 1.807) is 30.3 Å². The molecule has 3 aromatic rings. The number of carboxylic acids is 1. The second-order valence-electron chi connectivity index (χ2n) is 4.59. The Labute approximate surface area is 122 Å². The van der Waals surface area contributed by atoms with E-state index in [0.29, 0.717) is 5.56 Å². The molecule has 7 heteroatoms. The fourth-order valence-electron chi connectivity index (χ4n) is 2.29. The molecule has 4 nitrogen and oxygen atoms in total. The monoisotopic (exact) mass is 306 g/mol. The molecule has 0 amide bonds. The van der Waals surface area contributed by atoms with E-state index in [0.717, 1.165) is 16.5 Å². The van der Waals surface area contributed by atoms with Crippen LogP contribution in [-0.2, 0) is 6.18 Å². The Bertz CT molecular complexity index is 854. The first-order valence-corrected chi connectivity index (χ1v) is 6.26. The van der Waals surface area contributed by atoms with Crippen molar-refractivity contribution in [2.24, 2.45) is 0 Å². The lowest BCUT2D eigenvalue weighted by atomic mass is 10.1. The molecule has 2 heterocycles. The fraction of sp³-hybridized carbons (Fsp3) is 0.0667. The number of pyridine rings is 1. The van der Waals surface area contributed by atoms with Crippen LogP contribution in [0.2, 0.25) is 0 Å². The van der Waals surface area contributed by atoms with Gasteiger partial charge in [-0.3, -0.25) is 4.40 Å². The van der Waals surface area contributed by atoms with Crippen molar-refractivity contribution in [2.45, 2.75) is 6.18 Å². The molecule has 0 unspecified atom stereocenters. The van der Waals surface area contributed by atoms with Crippen molar-refractivity contribution in [2.75, 3.05) is 0 Å². The summed E-state index contributed by atoms with van der Waals surface area (Å²) >= 11 is 0. The zero-order valence-electron chi connectivity index (χ0n) is 11.0. The van der Waals surface area contributed by atoms with Crippen LogP contribution in [0.15, 0.2) is 48.7 Å². The first-order chi connectivity index (χ1) is 10.4. The summed E-state index contributed by atoms with van der Waals surface area (Å²) < 4.78 is 40.1. The van der Waals surface area contributed by atoms with E-state index in [2.05, 4.69) is 4.98 Å². The number of hydrogen-bond acceptors (Lipinski definition) is 2. The molecule has 3 rings (SSSR count). The number of fused-ring (bicyclic) bond motifs is 1. The number of carboxylic acid groups (broad SMARTS) is 1. The third kappa shape index (κ3) is 2.20. The number of carbonyl (C=O) groups is 1. The number of nitrogens with zero attached hydrogens (tertiary/aromatic N) is 2. The highest BCUT2D eigenvalue weighted by Crippen LogP contribution is 2.34. The number of aromatic nitrogens is 2. The topological polar surface area (TPSA) is 54.6 Å². The van der Waals surface area contributed by atoms with Crippen LogP contribution in [0.3, 0.4) is 0 Å². The zero-order valence-corrected chi connectivity index (χ0v) is 11.0. The third-order valence-electron chi connectivity index (χ3n) is 3.21. The summed E-state index contributed by atoms with van der Waals surface area (Å²) in [4.78, 5) is 15.4. The number of imidazole rings is 1. The highest BCUT2D eigenvalue weighted by molar-refractivity contribution is 5.95. The van der Waals surface area contributed by atoms with Crippen LogP contribution in [0, 0.1) is 0 Å². The Kier molecular flexibility index (Phi) is 3.13. The minimum absolute atomic E-state index is 0.00444. The third-order valence-corrected chi connectivity index (χ3v) is 3.21. The van der Waals surface area contributed by atoms with E-state index in [9.17, 15) is 23.1 Å². The van der Waals surface area contributed by atoms with Crippen LogP contribution in [0.4, 0.5) is 13.2 Å². The average Bonchev–Trinajstić information content (AvgIpc) is 2.86. The smallest absolute Gasteiger partial charge is 0.419 e. The quantitative estimate of drug-likeness (QED) is 0.785. The molecule has 0 saturated carbocycles. The first kappa shape index (κ1) is 14.1. The molecule has 0 aliphatic heterocycles. The molecule has 0 aliphatic carbocycles. The second kappa shape index (κ2) is 4.87. The Morgan fingerprint density at radius 3 is 2.36 bits per heavy atom. The minimum Gasteiger partial charge on any atom is -0.476 e. The van der Waals surface area contributed by atoms with Crippen molar-refractivity contribution >= 4 is 11.6 Å². The maximum atomic E-state index is 13.1. The predicted molar refractivity (Wildman–Crippen MR) is 72.6 cm³/mol. The van der Waals surface area contributed by atoms with Crippen molar-refractivity contribution in [3.63, 3.8) is 0 Å². The Morgan fingerprint density at radius 2 is 1.77 bits per heavy atom. The normalized spacial score (nSPS) is 11.8. The predicted octanol–water partition coefficient (Wildman–Crippen LogP) is 3.72. The van der Waals surface area contributed by atoms with Gasteiger partial charge in [-0.05, 0) is 12.1 Å². The molecule has 0 aliphatic rings. The average molecular weight is 306 g/mol. The van der Waals surface area contributed by atoms with Gasteiger partial charge in [-0.2, -0.15) is 13.2 Å². The van der Waals surface area contributed by atoms with Gasteiger partial charge >= 0.3 is 12.1 Å². The van der Waals surface area contributed by atoms with Crippen LogP contribution < -0.4 is 0 Å². The zero-order chi connectivity index (χ0) is 15.9. The standard InChI is InChI=1S/C15H9F3N2O2/c16-15(17,18)10-7-4-8-20-12(14(21)22)11(19-13(10)20)9-5-2-1-3-6-9/h1-8H,(H,21,22). The largest absolute Gasteiger partial charge is 0.476 e. The molecule has 112 valence electrons.